The summed E-state index contributed by atoms with van der Waals surface area (Å²) >= 11 is 17.8. The average Bonchev–Trinajstić information content (AvgIpc) is 3.39. The van der Waals surface area contributed by atoms with Gasteiger partial charge < -0.3 is 19.5 Å². The van der Waals surface area contributed by atoms with Crippen LogP contribution in [-0.4, -0.2) is 82.3 Å². The van der Waals surface area contributed by atoms with Gasteiger partial charge in [-0.05, 0) is 55.2 Å². The largest absolute Gasteiger partial charge is 0.508 e. The molecular weight excluding hydrogens is 689 g/mol. The third kappa shape index (κ3) is 4.16. The van der Waals surface area contributed by atoms with E-state index in [0.29, 0.717) is 24.5 Å². The number of rotatable bonds is 5. The molecule has 7 rings (SSSR count). The Kier molecular flexibility index (Phi) is 7.46. The maximum atomic E-state index is 14.3. The summed E-state index contributed by atoms with van der Waals surface area (Å²) in [5.41, 5.74) is 2.06. The van der Waals surface area contributed by atoms with Crippen molar-refractivity contribution in [2.45, 2.75) is 28.5 Å². The SMILES string of the molecule is COc1cccc(O)c1[C@H]1C2=CC[C@@H]3C(=O)N(c4ccc(N5CCOCC5)cc4)C(=O)[C@@H]3[C@@H]2C[C@@]2(Cl)C(=O)N(CBr)C(=O)[C@@]12Cl. The molecule has 0 spiro atoms. The number of halogens is 3. The predicted octanol–water partition coefficient (Wildman–Crippen LogP) is 4.15. The fourth-order valence-electron chi connectivity index (χ4n) is 7.96. The smallest absolute Gasteiger partial charge is 0.254 e. The van der Waals surface area contributed by atoms with Crippen LogP contribution < -0.4 is 14.5 Å². The number of amides is 4. The Labute approximate surface area is 277 Å². The van der Waals surface area contributed by atoms with Crippen molar-refractivity contribution >= 4 is 74.1 Å². The molecule has 1 N–H and O–H groups in total. The second-order valence-corrected chi connectivity index (χ2v) is 13.8. The molecule has 13 heteroatoms. The molecule has 0 aromatic heterocycles. The number of carbonyl (C=O) groups is 4. The molecule has 0 bridgehead atoms. The summed E-state index contributed by atoms with van der Waals surface area (Å²) in [4.78, 5) is 56.4. The predicted molar refractivity (Wildman–Crippen MR) is 170 cm³/mol. The van der Waals surface area contributed by atoms with Gasteiger partial charge in [-0.15, -0.1) is 23.2 Å². The van der Waals surface area contributed by atoms with Crippen molar-refractivity contribution in [2.75, 3.05) is 48.7 Å². The molecule has 1 saturated carbocycles. The fourth-order valence-corrected chi connectivity index (χ4v) is 9.37. The van der Waals surface area contributed by atoms with Gasteiger partial charge in [-0.25, -0.2) is 0 Å². The zero-order chi connectivity index (χ0) is 31.8. The number of aromatic hydroxyl groups is 1. The number of methoxy groups -OCH3 is 1. The number of benzene rings is 2. The summed E-state index contributed by atoms with van der Waals surface area (Å²) in [6.45, 7) is 2.76. The monoisotopic (exact) mass is 717 g/mol. The van der Waals surface area contributed by atoms with Crippen molar-refractivity contribution in [3.05, 3.63) is 59.7 Å². The van der Waals surface area contributed by atoms with Gasteiger partial charge in [-0.1, -0.05) is 33.6 Å². The van der Waals surface area contributed by atoms with E-state index in [0.717, 1.165) is 23.7 Å². The van der Waals surface area contributed by atoms with Gasteiger partial charge in [0.05, 0.1) is 43.3 Å². The van der Waals surface area contributed by atoms with Gasteiger partial charge in [-0.3, -0.25) is 29.0 Å². The van der Waals surface area contributed by atoms with Crippen LogP contribution in [0.1, 0.15) is 24.3 Å². The molecule has 2 aliphatic carbocycles. The van der Waals surface area contributed by atoms with E-state index in [9.17, 15) is 24.3 Å². The molecule has 45 heavy (non-hydrogen) atoms. The number of carbonyl (C=O) groups excluding carboxylic acids is 4. The molecule has 3 heterocycles. The van der Waals surface area contributed by atoms with Crippen molar-refractivity contribution in [3.63, 3.8) is 0 Å². The lowest BCUT2D eigenvalue weighted by atomic mass is 9.56. The molecule has 4 fully saturated rings. The first-order valence-electron chi connectivity index (χ1n) is 14.7. The molecule has 0 radical (unpaired) electrons. The number of anilines is 2. The lowest BCUT2D eigenvalue weighted by Crippen LogP contribution is -2.60. The van der Waals surface area contributed by atoms with Gasteiger partial charge >= 0.3 is 0 Å². The van der Waals surface area contributed by atoms with Gasteiger partial charge in [0.25, 0.3) is 11.8 Å². The first kappa shape index (κ1) is 30.5. The molecule has 5 aliphatic rings. The standard InChI is InChI=1S/C32H30BrCl2N3O7/c1-44-23-4-2-3-22(39)25(23)26-19-9-10-20-24(21(19)15-31(34)29(42)37(16-33)30(43)32(26,31)35)28(41)38(27(20)40)18-7-5-17(6-8-18)36-11-13-45-14-12-36/h2-9,20-21,24,26,39H,10-16H2,1H3/t20-,21+,24-,26+,31+,32-/m0/s1. The number of phenolic OH excluding ortho intramolecular Hbond substituents is 1. The zero-order valence-electron chi connectivity index (χ0n) is 24.3. The molecule has 4 amide bonds. The molecule has 0 unspecified atom stereocenters. The lowest BCUT2D eigenvalue weighted by molar-refractivity contribution is -0.138. The minimum Gasteiger partial charge on any atom is -0.508 e. The highest BCUT2D eigenvalue weighted by molar-refractivity contribution is 9.09. The van der Waals surface area contributed by atoms with Crippen LogP contribution in [0.25, 0.3) is 0 Å². The third-order valence-electron chi connectivity index (χ3n) is 10.1. The maximum Gasteiger partial charge on any atom is 0.254 e. The first-order valence-corrected chi connectivity index (χ1v) is 16.6. The van der Waals surface area contributed by atoms with Crippen molar-refractivity contribution in [1.82, 2.24) is 4.90 Å². The summed E-state index contributed by atoms with van der Waals surface area (Å²) < 4.78 is 11.1. The maximum absolute atomic E-state index is 14.3. The highest BCUT2D eigenvalue weighted by Crippen LogP contribution is 2.67. The Morgan fingerprint density at radius 3 is 2.33 bits per heavy atom. The number of morpholine rings is 1. The van der Waals surface area contributed by atoms with Crippen LogP contribution in [0.15, 0.2) is 54.1 Å². The Hall–Kier alpha value is -3.12. The van der Waals surface area contributed by atoms with Crippen molar-refractivity contribution < 1.29 is 33.8 Å². The van der Waals surface area contributed by atoms with Crippen LogP contribution in [0.2, 0.25) is 0 Å². The molecule has 236 valence electrons. The van der Waals surface area contributed by atoms with Crippen LogP contribution in [0.4, 0.5) is 11.4 Å². The summed E-state index contributed by atoms with van der Waals surface area (Å²) in [6.07, 6.45) is 1.89. The lowest BCUT2D eigenvalue weighted by Gasteiger charge is -2.50. The quantitative estimate of drug-likeness (QED) is 0.212. The van der Waals surface area contributed by atoms with E-state index < -0.39 is 51.1 Å². The van der Waals surface area contributed by atoms with Crippen LogP contribution in [-0.2, 0) is 23.9 Å². The Balaban J connectivity index is 1.32. The molecular formula is C32H30BrCl2N3O7. The van der Waals surface area contributed by atoms with E-state index in [-0.39, 0.29) is 41.3 Å². The van der Waals surface area contributed by atoms with Gasteiger partial charge in [0, 0.05) is 30.3 Å². The molecule has 2 aromatic rings. The van der Waals surface area contributed by atoms with Crippen molar-refractivity contribution in [3.8, 4) is 11.5 Å². The molecule has 10 nitrogen and oxygen atoms in total. The Morgan fingerprint density at radius 2 is 1.67 bits per heavy atom. The molecule has 3 aliphatic heterocycles. The molecule has 3 saturated heterocycles. The highest BCUT2D eigenvalue weighted by Gasteiger charge is 2.76. The van der Waals surface area contributed by atoms with Gasteiger partial charge in [-0.2, -0.15) is 0 Å². The third-order valence-corrected chi connectivity index (χ3v) is 12.0. The number of nitrogens with zero attached hydrogens (tertiary/aromatic N) is 3. The van der Waals surface area contributed by atoms with E-state index in [1.165, 1.54) is 18.1 Å². The molecule has 2 aromatic carbocycles. The Bertz CT molecular complexity index is 1650. The number of phenols is 1. The topological polar surface area (TPSA) is 117 Å². The van der Waals surface area contributed by atoms with E-state index in [4.69, 9.17) is 32.7 Å². The first-order chi connectivity index (χ1) is 21.6. The number of likely N-dealkylation sites (tertiary alicyclic amines) is 1. The summed E-state index contributed by atoms with van der Waals surface area (Å²) in [5, 5.41) is 11.2. The van der Waals surface area contributed by atoms with Gasteiger partial charge in [0.15, 0.2) is 9.75 Å². The molecule has 6 atom stereocenters. The normalized spacial score (nSPS) is 32.8. The number of imide groups is 2. The minimum atomic E-state index is -2.04. The highest BCUT2D eigenvalue weighted by atomic mass is 79.9. The summed E-state index contributed by atoms with van der Waals surface area (Å²) in [5.74, 6) is -5.50. The van der Waals surface area contributed by atoms with E-state index >= 15 is 0 Å². The van der Waals surface area contributed by atoms with Crippen LogP contribution in [0.3, 0.4) is 0 Å². The zero-order valence-corrected chi connectivity index (χ0v) is 27.3. The van der Waals surface area contributed by atoms with E-state index in [1.54, 1.807) is 24.3 Å². The average molecular weight is 719 g/mol. The van der Waals surface area contributed by atoms with E-state index in [1.807, 2.05) is 18.2 Å². The number of allylic oxidation sites excluding steroid dienone is 2. The van der Waals surface area contributed by atoms with Crippen LogP contribution in [0, 0.1) is 17.8 Å². The summed E-state index contributed by atoms with van der Waals surface area (Å²) in [7, 11) is 1.42. The number of alkyl halides is 3. The van der Waals surface area contributed by atoms with Gasteiger partial charge in [0.2, 0.25) is 11.8 Å². The number of fused-ring (bicyclic) bond motifs is 4. The fraction of sp³-hybridized carbons (Fsp3) is 0.438. The minimum absolute atomic E-state index is 0.139. The number of ether oxygens (including phenoxy) is 2. The van der Waals surface area contributed by atoms with E-state index in [2.05, 4.69) is 20.8 Å². The number of hydrogen-bond donors (Lipinski definition) is 1. The second kappa shape index (κ2) is 11.0. The number of hydrogen-bond acceptors (Lipinski definition) is 8. The second-order valence-electron chi connectivity index (χ2n) is 12.0. The van der Waals surface area contributed by atoms with Crippen LogP contribution in [0.5, 0.6) is 11.5 Å². The van der Waals surface area contributed by atoms with Crippen LogP contribution >= 0.6 is 39.1 Å². The van der Waals surface area contributed by atoms with Gasteiger partial charge in [0.1, 0.15) is 11.5 Å². The Morgan fingerprint density at radius 1 is 0.978 bits per heavy atom. The van der Waals surface area contributed by atoms with Crippen molar-refractivity contribution in [1.29, 1.82) is 0 Å². The summed E-state index contributed by atoms with van der Waals surface area (Å²) in [6, 6.07) is 12.0. The van der Waals surface area contributed by atoms with Crippen molar-refractivity contribution in [2.24, 2.45) is 17.8 Å².